The van der Waals surface area contributed by atoms with Crippen LogP contribution in [0.15, 0.2) is 48.7 Å². The predicted octanol–water partition coefficient (Wildman–Crippen LogP) is 4.28. The van der Waals surface area contributed by atoms with E-state index < -0.39 is 23.5 Å². The molecule has 2 heterocycles. The number of hydrogen-bond acceptors (Lipinski definition) is 6. The minimum absolute atomic E-state index is 0.0537. The largest absolute Gasteiger partial charge is 0.437 e. The molecule has 170 valence electrons. The maximum absolute atomic E-state index is 13.6. The Labute approximate surface area is 186 Å². The molecular formula is C22H18F3N5O3. The predicted molar refractivity (Wildman–Crippen MR) is 114 cm³/mol. The van der Waals surface area contributed by atoms with Crippen LogP contribution in [0.1, 0.15) is 27.9 Å². The molecule has 0 atom stereocenters. The quantitative estimate of drug-likeness (QED) is 0.528. The number of rotatable bonds is 5. The Hall–Kier alpha value is -4.15. The van der Waals surface area contributed by atoms with Crippen LogP contribution in [-0.2, 0) is 17.4 Å². The van der Waals surface area contributed by atoms with Gasteiger partial charge in [-0.3, -0.25) is 9.59 Å². The Morgan fingerprint density at radius 1 is 1.15 bits per heavy atom. The number of carbonyl (C=O) groups excluding carboxylic acids is 2. The number of alkyl halides is 3. The van der Waals surface area contributed by atoms with Crippen LogP contribution in [-0.4, -0.2) is 28.8 Å². The van der Waals surface area contributed by atoms with Gasteiger partial charge in [-0.25, -0.2) is 4.98 Å². The van der Waals surface area contributed by atoms with E-state index in [0.29, 0.717) is 30.4 Å². The molecule has 0 saturated heterocycles. The number of para-hydroxylation sites is 1. The second-order valence-electron chi connectivity index (χ2n) is 7.13. The van der Waals surface area contributed by atoms with Gasteiger partial charge in [0, 0.05) is 31.0 Å². The first-order valence-electron chi connectivity index (χ1n) is 9.87. The van der Waals surface area contributed by atoms with Crippen molar-refractivity contribution in [1.29, 1.82) is 0 Å². The van der Waals surface area contributed by atoms with Crippen LogP contribution in [0.5, 0.6) is 11.6 Å². The number of fused-ring (bicyclic) bond motifs is 1. The minimum atomic E-state index is -4.78. The van der Waals surface area contributed by atoms with E-state index in [4.69, 9.17) is 4.74 Å². The normalized spacial score (nSPS) is 13.0. The molecule has 8 nitrogen and oxygen atoms in total. The van der Waals surface area contributed by atoms with Crippen LogP contribution in [0.2, 0.25) is 0 Å². The summed E-state index contributed by atoms with van der Waals surface area (Å²) < 4.78 is 46.1. The lowest BCUT2D eigenvalue weighted by atomic mass is 10.0. The molecule has 0 fully saturated rings. The van der Waals surface area contributed by atoms with Gasteiger partial charge in [-0.2, -0.15) is 18.2 Å². The molecule has 2 aromatic carbocycles. The number of amides is 2. The van der Waals surface area contributed by atoms with Crippen molar-refractivity contribution in [1.82, 2.24) is 15.3 Å². The summed E-state index contributed by atoms with van der Waals surface area (Å²) in [5.74, 6) is -1.56. The number of nitrogens with zero attached hydrogens (tertiary/aromatic N) is 2. The summed E-state index contributed by atoms with van der Waals surface area (Å²) in [7, 11) is 1.40. The summed E-state index contributed by atoms with van der Waals surface area (Å²) in [5, 5.41) is 8.02. The van der Waals surface area contributed by atoms with Gasteiger partial charge in [-0.05, 0) is 42.3 Å². The smallest absolute Gasteiger partial charge is 0.423 e. The van der Waals surface area contributed by atoms with Crippen molar-refractivity contribution in [3.05, 3.63) is 65.4 Å². The fourth-order valence-corrected chi connectivity index (χ4v) is 3.27. The molecule has 0 bridgehead atoms. The van der Waals surface area contributed by atoms with Crippen LogP contribution in [0, 0.1) is 0 Å². The molecule has 0 unspecified atom stereocenters. The fourth-order valence-electron chi connectivity index (χ4n) is 3.27. The van der Waals surface area contributed by atoms with E-state index in [9.17, 15) is 22.8 Å². The van der Waals surface area contributed by atoms with Gasteiger partial charge in [0.15, 0.2) is 0 Å². The molecule has 1 aliphatic heterocycles. The van der Waals surface area contributed by atoms with Gasteiger partial charge in [0.25, 0.3) is 5.91 Å². The topological polar surface area (TPSA) is 105 Å². The third-order valence-corrected chi connectivity index (χ3v) is 4.88. The number of benzene rings is 2. The summed E-state index contributed by atoms with van der Waals surface area (Å²) in [6, 6.07) is 11.0. The lowest BCUT2D eigenvalue weighted by Crippen LogP contribution is -2.19. The number of carbonyl (C=O) groups is 2. The van der Waals surface area contributed by atoms with E-state index in [1.807, 2.05) is 0 Å². The Balaban J connectivity index is 1.67. The second-order valence-corrected chi connectivity index (χ2v) is 7.13. The van der Waals surface area contributed by atoms with E-state index >= 15 is 0 Å². The highest BCUT2D eigenvalue weighted by atomic mass is 19.4. The van der Waals surface area contributed by atoms with Gasteiger partial charge in [0.05, 0.1) is 5.56 Å². The molecule has 0 saturated carbocycles. The van der Waals surface area contributed by atoms with E-state index in [-0.39, 0.29) is 23.2 Å². The molecule has 4 rings (SSSR count). The number of anilines is 3. The molecular weight excluding hydrogens is 439 g/mol. The number of nitrogens with one attached hydrogen (secondary N) is 3. The highest BCUT2D eigenvalue weighted by Gasteiger charge is 2.37. The third-order valence-electron chi connectivity index (χ3n) is 4.88. The summed E-state index contributed by atoms with van der Waals surface area (Å²) in [4.78, 5) is 31.3. The molecule has 3 N–H and O–H groups in total. The van der Waals surface area contributed by atoms with Crippen LogP contribution in [0.3, 0.4) is 0 Å². The van der Waals surface area contributed by atoms with Crippen molar-refractivity contribution < 1.29 is 27.5 Å². The zero-order valence-corrected chi connectivity index (χ0v) is 17.3. The van der Waals surface area contributed by atoms with Crippen molar-refractivity contribution >= 4 is 29.1 Å². The molecule has 3 aromatic rings. The highest BCUT2D eigenvalue weighted by Crippen LogP contribution is 2.38. The maximum atomic E-state index is 13.6. The van der Waals surface area contributed by atoms with Gasteiger partial charge in [-0.1, -0.05) is 12.1 Å². The monoisotopic (exact) mass is 457 g/mol. The number of hydrogen-bond donors (Lipinski definition) is 3. The van der Waals surface area contributed by atoms with E-state index in [1.165, 1.54) is 25.2 Å². The molecule has 33 heavy (non-hydrogen) atoms. The van der Waals surface area contributed by atoms with Crippen molar-refractivity contribution in [2.45, 2.75) is 19.0 Å². The standard InChI is InChI=1S/C22H18F3N5O3/c1-26-19(32)14-4-2-3-5-17(14)33-20-15(22(23,24)25)11-27-21(30-20)28-13-7-8-16-12(10-13)6-9-18(31)29-16/h2-5,7-8,10-11H,6,9H2,1H3,(H,26,32)(H,29,31)(H,27,28,30). The lowest BCUT2D eigenvalue weighted by molar-refractivity contribution is -0.139. The van der Waals surface area contributed by atoms with Gasteiger partial charge in [0.2, 0.25) is 17.7 Å². The van der Waals surface area contributed by atoms with E-state index in [0.717, 1.165) is 5.56 Å². The minimum Gasteiger partial charge on any atom is -0.437 e. The van der Waals surface area contributed by atoms with Crippen LogP contribution in [0.4, 0.5) is 30.5 Å². The molecule has 2 amide bonds. The second kappa shape index (κ2) is 8.77. The van der Waals surface area contributed by atoms with Gasteiger partial charge >= 0.3 is 6.18 Å². The zero-order chi connectivity index (χ0) is 23.6. The molecule has 11 heteroatoms. The van der Waals surface area contributed by atoms with Crippen molar-refractivity contribution in [2.24, 2.45) is 0 Å². The number of halogens is 3. The maximum Gasteiger partial charge on any atom is 0.423 e. The average Bonchev–Trinajstić information content (AvgIpc) is 2.78. The van der Waals surface area contributed by atoms with E-state index in [2.05, 4.69) is 25.9 Å². The SMILES string of the molecule is CNC(=O)c1ccccc1Oc1nc(Nc2ccc3c(c2)CCC(=O)N3)ncc1C(F)(F)F. The number of ether oxygens (including phenoxy) is 1. The molecule has 0 aliphatic carbocycles. The van der Waals surface area contributed by atoms with Gasteiger partial charge in [-0.15, -0.1) is 0 Å². The summed E-state index contributed by atoms with van der Waals surface area (Å²) in [5.41, 5.74) is 0.953. The summed E-state index contributed by atoms with van der Waals surface area (Å²) in [6.45, 7) is 0. The van der Waals surface area contributed by atoms with E-state index in [1.54, 1.807) is 24.3 Å². The van der Waals surface area contributed by atoms with Crippen LogP contribution >= 0.6 is 0 Å². The third kappa shape index (κ3) is 4.86. The van der Waals surface area contributed by atoms with Gasteiger partial charge < -0.3 is 20.7 Å². The first kappa shape index (κ1) is 22.1. The Morgan fingerprint density at radius 3 is 2.70 bits per heavy atom. The first-order valence-corrected chi connectivity index (χ1v) is 9.87. The first-order chi connectivity index (χ1) is 15.7. The van der Waals surface area contributed by atoms with Crippen molar-refractivity contribution in [2.75, 3.05) is 17.7 Å². The van der Waals surface area contributed by atoms with Crippen LogP contribution in [0.25, 0.3) is 0 Å². The Morgan fingerprint density at radius 2 is 1.94 bits per heavy atom. The fraction of sp³-hybridized carbons (Fsp3) is 0.182. The highest BCUT2D eigenvalue weighted by molar-refractivity contribution is 5.96. The Bertz CT molecular complexity index is 1230. The Kier molecular flexibility index (Phi) is 5.86. The van der Waals surface area contributed by atoms with Crippen LogP contribution < -0.4 is 20.7 Å². The summed E-state index contributed by atoms with van der Waals surface area (Å²) in [6.07, 6.45) is -3.28. The van der Waals surface area contributed by atoms with Crippen molar-refractivity contribution in [3.8, 4) is 11.6 Å². The summed E-state index contributed by atoms with van der Waals surface area (Å²) >= 11 is 0. The zero-order valence-electron chi connectivity index (χ0n) is 17.3. The molecule has 0 radical (unpaired) electrons. The molecule has 0 spiro atoms. The average molecular weight is 457 g/mol. The van der Waals surface area contributed by atoms with Crippen molar-refractivity contribution in [3.63, 3.8) is 0 Å². The number of aromatic nitrogens is 2. The lowest BCUT2D eigenvalue weighted by Gasteiger charge is -2.18. The molecule has 1 aliphatic rings. The van der Waals surface area contributed by atoms with Gasteiger partial charge in [0.1, 0.15) is 11.3 Å². The molecule has 1 aromatic heterocycles. The number of aryl methyl sites for hydroxylation is 1.